The molecule has 1 fully saturated rings. The Morgan fingerprint density at radius 3 is 2.84 bits per heavy atom. The van der Waals surface area contributed by atoms with E-state index in [2.05, 4.69) is 30.4 Å². The molecule has 0 bridgehead atoms. The molecule has 9 nitrogen and oxygen atoms in total. The topological polar surface area (TPSA) is 124 Å². The third-order valence-corrected chi connectivity index (χ3v) is 5.15. The van der Waals surface area contributed by atoms with Gasteiger partial charge in [-0.2, -0.15) is 5.10 Å². The van der Waals surface area contributed by atoms with Gasteiger partial charge in [-0.05, 0) is 33.2 Å². The van der Waals surface area contributed by atoms with Gasteiger partial charge in [0.1, 0.15) is 10.7 Å². The maximum Gasteiger partial charge on any atom is 0.347 e. The van der Waals surface area contributed by atoms with Gasteiger partial charge in [-0.15, -0.1) is 0 Å². The number of carbonyl (C=O) groups excluding carboxylic acids is 1. The Morgan fingerprint density at radius 1 is 1.40 bits per heavy atom. The Hall–Kier alpha value is -2.33. The van der Waals surface area contributed by atoms with Crippen molar-refractivity contribution in [3.8, 4) is 0 Å². The van der Waals surface area contributed by atoms with Gasteiger partial charge < -0.3 is 10.4 Å². The molecule has 0 spiro atoms. The van der Waals surface area contributed by atoms with Gasteiger partial charge in [0.05, 0.1) is 12.2 Å². The van der Waals surface area contributed by atoms with E-state index in [-0.39, 0.29) is 23.2 Å². The van der Waals surface area contributed by atoms with Crippen LogP contribution in [0.15, 0.2) is 0 Å². The first kappa shape index (κ1) is 17.5. The summed E-state index contributed by atoms with van der Waals surface area (Å²) in [5.74, 6) is 0.573. The van der Waals surface area contributed by atoms with E-state index in [0.29, 0.717) is 10.8 Å². The summed E-state index contributed by atoms with van der Waals surface area (Å²) < 4.78 is 0. The third kappa shape index (κ3) is 4.20. The number of carboxylic acid groups (broad SMARTS) is 1. The molecule has 10 heteroatoms. The number of H-pyrrole nitrogens is 1. The van der Waals surface area contributed by atoms with Gasteiger partial charge >= 0.3 is 5.97 Å². The van der Waals surface area contributed by atoms with E-state index in [1.165, 1.54) is 0 Å². The molecule has 1 amide bonds. The van der Waals surface area contributed by atoms with Crippen LogP contribution in [0, 0.1) is 13.8 Å². The number of thiazole rings is 1. The molecule has 1 aliphatic rings. The fraction of sp³-hybridized carbons (Fsp3) is 0.533. The van der Waals surface area contributed by atoms with Crippen LogP contribution in [0.5, 0.6) is 0 Å². The summed E-state index contributed by atoms with van der Waals surface area (Å²) in [5.41, 5.74) is 0.408. The largest absolute Gasteiger partial charge is 0.477 e. The summed E-state index contributed by atoms with van der Waals surface area (Å²) in [6, 6.07) is 0. The van der Waals surface area contributed by atoms with E-state index in [1.54, 1.807) is 6.92 Å². The molecule has 3 N–H and O–H groups in total. The Kier molecular flexibility index (Phi) is 5.09. The Morgan fingerprint density at radius 2 is 2.20 bits per heavy atom. The van der Waals surface area contributed by atoms with E-state index in [4.69, 9.17) is 5.11 Å². The summed E-state index contributed by atoms with van der Waals surface area (Å²) >= 11 is 0.973. The highest BCUT2D eigenvalue weighted by atomic mass is 32.1. The quantitative estimate of drug-likeness (QED) is 0.732. The molecule has 0 radical (unpaired) electrons. The summed E-state index contributed by atoms with van der Waals surface area (Å²) in [7, 11) is 0. The summed E-state index contributed by atoms with van der Waals surface area (Å²) in [4.78, 5) is 34.0. The minimum Gasteiger partial charge on any atom is -0.477 e. The number of aromatic amines is 1. The second-order valence-corrected chi connectivity index (χ2v) is 7.14. The van der Waals surface area contributed by atoms with Crippen LogP contribution < -0.4 is 5.32 Å². The van der Waals surface area contributed by atoms with Crippen LogP contribution in [0.1, 0.15) is 45.8 Å². The molecule has 3 rings (SSSR count). The molecule has 1 saturated heterocycles. The average molecular weight is 364 g/mol. The standard InChI is InChI=1S/C15H20N6O3S/c1-8-12(14(23)24)25-15(16-8)18-11(22)7-21-5-3-4-10(6-21)13-17-9(2)19-20-13/h10H,3-7H2,1-2H3,(H,23,24)(H,16,18,22)(H,17,19,20). The molecule has 2 aromatic heterocycles. The summed E-state index contributed by atoms with van der Waals surface area (Å²) in [5, 5.41) is 19.1. The normalized spacial score (nSPS) is 18.2. The monoisotopic (exact) mass is 364 g/mol. The fourth-order valence-electron chi connectivity index (χ4n) is 2.96. The van der Waals surface area contributed by atoms with E-state index >= 15 is 0 Å². The lowest BCUT2D eigenvalue weighted by Gasteiger charge is -2.30. The zero-order valence-electron chi connectivity index (χ0n) is 14.1. The summed E-state index contributed by atoms with van der Waals surface area (Å²) in [6.07, 6.45) is 1.98. The number of piperidine rings is 1. The van der Waals surface area contributed by atoms with Gasteiger partial charge in [-0.1, -0.05) is 11.3 Å². The second kappa shape index (κ2) is 7.28. The highest BCUT2D eigenvalue weighted by Crippen LogP contribution is 2.25. The molecule has 1 aliphatic heterocycles. The molecule has 0 saturated carbocycles. The maximum absolute atomic E-state index is 12.2. The molecular weight excluding hydrogens is 344 g/mol. The first-order chi connectivity index (χ1) is 11.9. The van der Waals surface area contributed by atoms with Crippen LogP contribution in [0.25, 0.3) is 0 Å². The third-order valence-electron chi connectivity index (χ3n) is 4.09. The van der Waals surface area contributed by atoms with Crippen LogP contribution in [-0.4, -0.2) is 61.7 Å². The first-order valence-corrected chi connectivity index (χ1v) is 8.86. The molecule has 2 aromatic rings. The van der Waals surface area contributed by atoms with Crippen molar-refractivity contribution in [1.29, 1.82) is 0 Å². The second-order valence-electron chi connectivity index (χ2n) is 6.14. The first-order valence-electron chi connectivity index (χ1n) is 8.04. The van der Waals surface area contributed by atoms with Crippen LogP contribution in [0.3, 0.4) is 0 Å². The lowest BCUT2D eigenvalue weighted by atomic mass is 9.97. The number of likely N-dealkylation sites (tertiary alicyclic amines) is 1. The number of carbonyl (C=O) groups is 2. The van der Waals surface area contributed by atoms with Crippen LogP contribution >= 0.6 is 11.3 Å². The number of amides is 1. The number of carboxylic acids is 1. The van der Waals surface area contributed by atoms with Gasteiger partial charge in [0.2, 0.25) is 5.91 Å². The van der Waals surface area contributed by atoms with Crippen LogP contribution in [0.4, 0.5) is 5.13 Å². The lowest BCUT2D eigenvalue weighted by Crippen LogP contribution is -2.40. The molecule has 1 unspecified atom stereocenters. The predicted octanol–water partition coefficient (Wildman–Crippen LogP) is 1.39. The van der Waals surface area contributed by atoms with Crippen molar-refractivity contribution in [2.24, 2.45) is 0 Å². The zero-order valence-corrected chi connectivity index (χ0v) is 14.9. The van der Waals surface area contributed by atoms with E-state index < -0.39 is 5.97 Å². The molecule has 0 aromatic carbocycles. The maximum atomic E-state index is 12.2. The van der Waals surface area contributed by atoms with E-state index in [9.17, 15) is 9.59 Å². The van der Waals surface area contributed by atoms with Crippen molar-refractivity contribution in [1.82, 2.24) is 25.1 Å². The number of anilines is 1. The van der Waals surface area contributed by atoms with Crippen molar-refractivity contribution in [3.63, 3.8) is 0 Å². The predicted molar refractivity (Wildman–Crippen MR) is 92.0 cm³/mol. The Bertz CT molecular complexity index is 786. The Balaban J connectivity index is 1.57. The number of rotatable bonds is 5. The lowest BCUT2D eigenvalue weighted by molar-refractivity contribution is -0.117. The molecule has 3 heterocycles. The molecule has 1 atom stereocenters. The van der Waals surface area contributed by atoms with Crippen LogP contribution in [-0.2, 0) is 4.79 Å². The highest BCUT2D eigenvalue weighted by Gasteiger charge is 2.26. The van der Waals surface area contributed by atoms with Gasteiger partial charge in [0.15, 0.2) is 11.0 Å². The van der Waals surface area contributed by atoms with Crippen molar-refractivity contribution in [2.75, 3.05) is 25.0 Å². The minimum atomic E-state index is -1.03. The molecule has 25 heavy (non-hydrogen) atoms. The zero-order chi connectivity index (χ0) is 18.0. The minimum absolute atomic E-state index is 0.147. The molecule has 0 aliphatic carbocycles. The van der Waals surface area contributed by atoms with Crippen molar-refractivity contribution in [2.45, 2.75) is 32.6 Å². The summed E-state index contributed by atoms with van der Waals surface area (Å²) in [6.45, 7) is 5.28. The Labute approximate surface area is 148 Å². The van der Waals surface area contributed by atoms with Crippen molar-refractivity contribution >= 4 is 28.3 Å². The number of hydrogen-bond acceptors (Lipinski definition) is 7. The number of hydrogen-bond donors (Lipinski definition) is 3. The van der Waals surface area contributed by atoms with Crippen molar-refractivity contribution < 1.29 is 14.7 Å². The van der Waals surface area contributed by atoms with E-state index in [1.807, 2.05) is 6.92 Å². The van der Waals surface area contributed by atoms with Crippen molar-refractivity contribution in [3.05, 3.63) is 22.2 Å². The number of aromatic carboxylic acids is 1. The van der Waals surface area contributed by atoms with Crippen LogP contribution in [0.2, 0.25) is 0 Å². The van der Waals surface area contributed by atoms with Gasteiger partial charge in [0.25, 0.3) is 0 Å². The number of nitrogens with zero attached hydrogens (tertiary/aromatic N) is 4. The number of aromatic nitrogens is 4. The SMILES string of the molecule is Cc1nc(C2CCCN(CC(=O)Nc3nc(C)c(C(=O)O)s3)C2)n[nH]1. The average Bonchev–Trinajstić information content (AvgIpc) is 3.13. The van der Waals surface area contributed by atoms with E-state index in [0.717, 1.165) is 48.9 Å². The van der Waals surface area contributed by atoms with Gasteiger partial charge in [0, 0.05) is 12.5 Å². The van der Waals surface area contributed by atoms with Gasteiger partial charge in [-0.3, -0.25) is 14.8 Å². The number of aryl methyl sites for hydroxylation is 2. The van der Waals surface area contributed by atoms with Gasteiger partial charge in [-0.25, -0.2) is 14.8 Å². The molecular formula is C15H20N6O3S. The fourth-order valence-corrected chi connectivity index (χ4v) is 3.78. The number of nitrogens with one attached hydrogen (secondary N) is 2. The smallest absolute Gasteiger partial charge is 0.347 e. The molecule has 134 valence electrons. The highest BCUT2D eigenvalue weighted by molar-refractivity contribution is 7.17.